The minimum atomic E-state index is -0.489. The number of likely N-dealkylation sites (tertiary alicyclic amines) is 1. The molecule has 32 heavy (non-hydrogen) atoms. The highest BCUT2D eigenvalue weighted by Gasteiger charge is 2.49. The van der Waals surface area contributed by atoms with Gasteiger partial charge in [-0.15, -0.1) is 5.10 Å². The highest BCUT2D eigenvalue weighted by atomic mass is 19.1. The summed E-state index contributed by atoms with van der Waals surface area (Å²) in [7, 11) is 2.10. The SMILES string of the molecule is CN1C(C)(C)CC(Nc2nc(Nc3ccc4c(c3)-c3nnnn3CO4)ncc2F)C1(C)C. The number of anilines is 3. The molecule has 3 aromatic rings. The van der Waals surface area contributed by atoms with Crippen LogP contribution < -0.4 is 15.4 Å². The Hall–Kier alpha value is -3.34. The molecule has 0 radical (unpaired) electrons. The number of tetrazole rings is 1. The lowest BCUT2D eigenvalue weighted by Crippen LogP contribution is -2.49. The van der Waals surface area contributed by atoms with Crippen molar-refractivity contribution in [2.75, 3.05) is 17.7 Å². The van der Waals surface area contributed by atoms with Crippen LogP contribution in [-0.4, -0.2) is 59.2 Å². The minimum Gasteiger partial charge on any atom is -0.470 e. The van der Waals surface area contributed by atoms with Crippen molar-refractivity contribution < 1.29 is 9.13 Å². The summed E-state index contributed by atoms with van der Waals surface area (Å²) in [5.41, 5.74) is 1.29. The van der Waals surface area contributed by atoms with Gasteiger partial charge in [-0.05, 0) is 69.8 Å². The number of hydrogen-bond acceptors (Lipinski definition) is 9. The topological polar surface area (TPSA) is 106 Å². The summed E-state index contributed by atoms with van der Waals surface area (Å²) in [5, 5.41) is 18.1. The molecule has 0 bridgehead atoms. The molecule has 4 heterocycles. The predicted molar refractivity (Wildman–Crippen MR) is 117 cm³/mol. The number of rotatable bonds is 4. The number of halogens is 1. The van der Waals surface area contributed by atoms with E-state index in [2.05, 4.69) is 75.8 Å². The molecule has 0 saturated carbocycles. The average molecular weight is 439 g/mol. The molecule has 1 atom stereocenters. The Labute approximate surface area is 185 Å². The van der Waals surface area contributed by atoms with Gasteiger partial charge in [0.2, 0.25) is 5.95 Å². The number of benzene rings is 1. The first kappa shape index (κ1) is 20.6. The number of ether oxygens (including phenoxy) is 1. The van der Waals surface area contributed by atoms with Crippen molar-refractivity contribution >= 4 is 17.5 Å². The van der Waals surface area contributed by atoms with Crippen molar-refractivity contribution in [1.29, 1.82) is 0 Å². The summed E-state index contributed by atoms with van der Waals surface area (Å²) < 4.78 is 21.8. The summed E-state index contributed by atoms with van der Waals surface area (Å²) in [6.45, 7) is 8.95. The molecular weight excluding hydrogens is 413 g/mol. The maximum Gasteiger partial charge on any atom is 0.229 e. The lowest BCUT2D eigenvalue weighted by molar-refractivity contribution is 0.112. The minimum absolute atomic E-state index is 0.00757. The first-order valence-corrected chi connectivity index (χ1v) is 10.5. The molecule has 2 aromatic heterocycles. The van der Waals surface area contributed by atoms with Gasteiger partial charge in [-0.3, -0.25) is 4.90 Å². The second kappa shape index (κ2) is 7.09. The van der Waals surface area contributed by atoms with Gasteiger partial charge < -0.3 is 15.4 Å². The molecule has 0 amide bonds. The molecule has 0 aliphatic carbocycles. The highest BCUT2D eigenvalue weighted by molar-refractivity contribution is 5.72. The molecule has 5 rings (SSSR count). The largest absolute Gasteiger partial charge is 0.470 e. The summed E-state index contributed by atoms with van der Waals surface area (Å²) in [5.74, 6) is 1.28. The molecule has 2 N–H and O–H groups in total. The van der Waals surface area contributed by atoms with Crippen LogP contribution in [-0.2, 0) is 6.73 Å². The first-order chi connectivity index (χ1) is 15.1. The summed E-state index contributed by atoms with van der Waals surface area (Å²) >= 11 is 0. The number of aromatic nitrogens is 6. The van der Waals surface area contributed by atoms with E-state index in [9.17, 15) is 4.39 Å². The van der Waals surface area contributed by atoms with Gasteiger partial charge in [0, 0.05) is 22.8 Å². The first-order valence-electron chi connectivity index (χ1n) is 10.5. The number of nitrogens with one attached hydrogen (secondary N) is 2. The Balaban J connectivity index is 1.39. The van der Waals surface area contributed by atoms with Gasteiger partial charge in [0.05, 0.1) is 11.8 Å². The van der Waals surface area contributed by atoms with E-state index < -0.39 is 5.82 Å². The molecule has 2 aliphatic rings. The molecule has 168 valence electrons. The van der Waals surface area contributed by atoms with Crippen molar-refractivity contribution in [3.05, 3.63) is 30.2 Å². The van der Waals surface area contributed by atoms with E-state index in [4.69, 9.17) is 4.74 Å². The second-order valence-electron chi connectivity index (χ2n) is 9.43. The van der Waals surface area contributed by atoms with E-state index >= 15 is 0 Å². The zero-order chi connectivity index (χ0) is 22.7. The molecular formula is C21H26FN9O. The van der Waals surface area contributed by atoms with E-state index in [0.717, 1.165) is 12.0 Å². The number of nitrogens with zero attached hydrogens (tertiary/aromatic N) is 7. The second-order valence-corrected chi connectivity index (χ2v) is 9.43. The zero-order valence-electron chi connectivity index (χ0n) is 18.7. The molecule has 1 aromatic carbocycles. The average Bonchev–Trinajstić information content (AvgIpc) is 3.29. The van der Waals surface area contributed by atoms with Crippen molar-refractivity contribution in [2.45, 2.75) is 58.0 Å². The lowest BCUT2D eigenvalue weighted by Gasteiger charge is -2.38. The Kier molecular flexibility index (Phi) is 4.55. The molecule has 2 aliphatic heterocycles. The Morgan fingerprint density at radius 1 is 1.22 bits per heavy atom. The van der Waals surface area contributed by atoms with Gasteiger partial charge in [0.25, 0.3) is 0 Å². The van der Waals surface area contributed by atoms with Crippen LogP contribution in [0.5, 0.6) is 5.75 Å². The van der Waals surface area contributed by atoms with Crippen LogP contribution in [0.1, 0.15) is 34.1 Å². The quantitative estimate of drug-likeness (QED) is 0.634. The van der Waals surface area contributed by atoms with Gasteiger partial charge >= 0.3 is 0 Å². The van der Waals surface area contributed by atoms with Crippen molar-refractivity contribution in [3.8, 4) is 17.1 Å². The van der Waals surface area contributed by atoms with Gasteiger partial charge in [-0.1, -0.05) is 0 Å². The highest BCUT2D eigenvalue weighted by Crippen LogP contribution is 2.41. The number of fused-ring (bicyclic) bond motifs is 3. The van der Waals surface area contributed by atoms with Gasteiger partial charge in [0.1, 0.15) is 5.75 Å². The predicted octanol–water partition coefficient (Wildman–Crippen LogP) is 3.04. The Bertz CT molecular complexity index is 1180. The third-order valence-electron chi connectivity index (χ3n) is 6.73. The van der Waals surface area contributed by atoms with E-state index in [1.165, 1.54) is 6.20 Å². The Morgan fingerprint density at radius 2 is 2.03 bits per heavy atom. The molecule has 1 fully saturated rings. The lowest BCUT2D eigenvalue weighted by atomic mass is 9.94. The van der Waals surface area contributed by atoms with Gasteiger partial charge in [-0.25, -0.2) is 9.37 Å². The van der Waals surface area contributed by atoms with Crippen LogP contribution in [0.4, 0.5) is 21.8 Å². The fourth-order valence-electron chi connectivity index (χ4n) is 4.47. The maximum atomic E-state index is 14.6. The Morgan fingerprint density at radius 3 is 2.78 bits per heavy atom. The monoisotopic (exact) mass is 439 g/mol. The van der Waals surface area contributed by atoms with Gasteiger partial charge in [0.15, 0.2) is 24.2 Å². The van der Waals surface area contributed by atoms with Crippen LogP contribution in [0.3, 0.4) is 0 Å². The molecule has 0 spiro atoms. The molecule has 1 unspecified atom stereocenters. The summed E-state index contributed by atoms with van der Waals surface area (Å²) in [6, 6.07) is 5.56. The van der Waals surface area contributed by atoms with Crippen LogP contribution in [0.15, 0.2) is 24.4 Å². The smallest absolute Gasteiger partial charge is 0.229 e. The number of hydrogen-bond donors (Lipinski definition) is 2. The van der Waals surface area contributed by atoms with Crippen molar-refractivity contribution in [1.82, 2.24) is 35.1 Å². The van der Waals surface area contributed by atoms with Crippen LogP contribution in [0.2, 0.25) is 0 Å². The van der Waals surface area contributed by atoms with E-state index in [-0.39, 0.29) is 35.6 Å². The fourth-order valence-corrected chi connectivity index (χ4v) is 4.47. The van der Waals surface area contributed by atoms with Crippen molar-refractivity contribution in [3.63, 3.8) is 0 Å². The fraction of sp³-hybridized carbons (Fsp3) is 0.476. The normalized spacial score (nSPS) is 20.9. The van der Waals surface area contributed by atoms with Crippen LogP contribution in [0, 0.1) is 5.82 Å². The molecule has 10 nitrogen and oxygen atoms in total. The van der Waals surface area contributed by atoms with E-state index in [1.54, 1.807) is 4.68 Å². The summed E-state index contributed by atoms with van der Waals surface area (Å²) in [6.07, 6.45) is 2.04. The van der Waals surface area contributed by atoms with Crippen LogP contribution >= 0.6 is 0 Å². The molecule has 11 heteroatoms. The van der Waals surface area contributed by atoms with Crippen molar-refractivity contribution in [2.24, 2.45) is 0 Å². The van der Waals surface area contributed by atoms with Crippen LogP contribution in [0.25, 0.3) is 11.4 Å². The standard InChI is InChI=1S/C21H26FN9O/c1-20(2)9-16(21(3,4)30(20)5)25-17-14(22)10-23-19(26-17)24-12-6-7-15-13(8-12)18-27-28-29-31(18)11-32-15/h6-8,10,16H,9,11H2,1-5H3,(H2,23,24,25,26). The van der Waals surface area contributed by atoms with Gasteiger partial charge in [-0.2, -0.15) is 9.67 Å². The molecule has 1 saturated heterocycles. The maximum absolute atomic E-state index is 14.6. The third-order valence-corrected chi connectivity index (χ3v) is 6.73. The zero-order valence-corrected chi connectivity index (χ0v) is 18.7. The number of likely N-dealkylation sites (N-methyl/N-ethyl adjacent to an activating group) is 1. The third kappa shape index (κ3) is 3.32. The van der Waals surface area contributed by atoms with E-state index in [1.807, 2.05) is 18.2 Å². The van der Waals surface area contributed by atoms with E-state index in [0.29, 0.717) is 17.3 Å². The summed E-state index contributed by atoms with van der Waals surface area (Å²) in [4.78, 5) is 10.8.